The summed E-state index contributed by atoms with van der Waals surface area (Å²) in [6.45, 7) is 6.44. The summed E-state index contributed by atoms with van der Waals surface area (Å²) < 4.78 is 15.9. The average Bonchev–Trinajstić information content (AvgIpc) is 2.67. The number of nitrogens with one attached hydrogen (secondary N) is 1. The molecule has 0 saturated carbocycles. The summed E-state index contributed by atoms with van der Waals surface area (Å²) in [5, 5.41) is 3.58. The lowest BCUT2D eigenvalue weighted by Crippen LogP contribution is -2.34. The molecule has 28 heavy (non-hydrogen) atoms. The van der Waals surface area contributed by atoms with E-state index in [-0.39, 0.29) is 13.2 Å². The van der Waals surface area contributed by atoms with Crippen LogP contribution in [0.4, 0.5) is 0 Å². The molecular formula is C21H26ClNO5. The van der Waals surface area contributed by atoms with E-state index in [9.17, 15) is 9.59 Å². The molecule has 0 aliphatic carbocycles. The number of halogens is 1. The molecule has 1 atom stereocenters. The molecule has 1 aromatic rings. The van der Waals surface area contributed by atoms with Gasteiger partial charge in [0.1, 0.15) is 0 Å². The predicted molar refractivity (Wildman–Crippen MR) is 107 cm³/mol. The third-order valence-electron chi connectivity index (χ3n) is 4.36. The van der Waals surface area contributed by atoms with Crippen LogP contribution >= 0.6 is 11.6 Å². The Kier molecular flexibility index (Phi) is 8.08. The van der Waals surface area contributed by atoms with Crippen molar-refractivity contribution in [2.24, 2.45) is 0 Å². The van der Waals surface area contributed by atoms with Gasteiger partial charge in [-0.2, -0.15) is 0 Å². The Bertz CT molecular complexity index is 800. The van der Waals surface area contributed by atoms with Crippen LogP contribution in [0.15, 0.2) is 46.8 Å². The van der Waals surface area contributed by atoms with Gasteiger partial charge >= 0.3 is 11.9 Å². The molecule has 0 fully saturated rings. The van der Waals surface area contributed by atoms with Crippen LogP contribution in [0.2, 0.25) is 5.02 Å². The lowest BCUT2D eigenvalue weighted by molar-refractivity contribution is -0.139. The van der Waals surface area contributed by atoms with E-state index < -0.39 is 17.9 Å². The van der Waals surface area contributed by atoms with Gasteiger partial charge in [0.15, 0.2) is 0 Å². The van der Waals surface area contributed by atoms with E-state index in [1.807, 2.05) is 13.0 Å². The van der Waals surface area contributed by atoms with E-state index in [0.717, 1.165) is 6.42 Å². The van der Waals surface area contributed by atoms with Gasteiger partial charge in [-0.15, -0.1) is 0 Å². The third-order valence-corrected chi connectivity index (χ3v) is 4.70. The van der Waals surface area contributed by atoms with Gasteiger partial charge in [0.2, 0.25) is 0 Å². The Morgan fingerprint density at radius 3 is 2.46 bits per heavy atom. The highest BCUT2D eigenvalue weighted by Gasteiger charge is 2.39. The van der Waals surface area contributed by atoms with Crippen molar-refractivity contribution in [2.45, 2.75) is 33.1 Å². The summed E-state index contributed by atoms with van der Waals surface area (Å²) in [6, 6.07) is 7.11. The van der Waals surface area contributed by atoms with E-state index in [0.29, 0.717) is 39.7 Å². The van der Waals surface area contributed by atoms with E-state index in [4.69, 9.17) is 25.8 Å². The zero-order valence-electron chi connectivity index (χ0n) is 16.6. The number of hydrogen-bond donors (Lipinski definition) is 1. The fourth-order valence-electron chi connectivity index (χ4n) is 3.18. The van der Waals surface area contributed by atoms with Gasteiger partial charge in [0, 0.05) is 17.3 Å². The van der Waals surface area contributed by atoms with E-state index in [1.165, 1.54) is 7.11 Å². The van der Waals surface area contributed by atoms with Crippen molar-refractivity contribution in [3.05, 3.63) is 57.4 Å². The molecule has 0 spiro atoms. The van der Waals surface area contributed by atoms with Gasteiger partial charge in [-0.3, -0.25) is 0 Å². The lowest BCUT2D eigenvalue weighted by atomic mass is 9.80. The first kappa shape index (κ1) is 22.0. The van der Waals surface area contributed by atoms with Crippen LogP contribution < -0.4 is 5.32 Å². The van der Waals surface area contributed by atoms with E-state index >= 15 is 0 Å². The van der Waals surface area contributed by atoms with Crippen LogP contribution in [-0.2, 0) is 23.8 Å². The molecule has 1 aromatic carbocycles. The van der Waals surface area contributed by atoms with Crippen LogP contribution in [0.5, 0.6) is 0 Å². The fourth-order valence-corrected chi connectivity index (χ4v) is 3.42. The first-order chi connectivity index (χ1) is 13.5. The average molecular weight is 408 g/mol. The normalized spacial score (nSPS) is 16.7. The SMILES string of the molecule is CCCOCC1=C(C(=O)OCC)C(c2ccccc2Cl)C(C(=O)OC)=C(C)N1. The second kappa shape index (κ2) is 10.3. The smallest absolute Gasteiger partial charge is 0.336 e. The highest BCUT2D eigenvalue weighted by molar-refractivity contribution is 6.31. The van der Waals surface area contributed by atoms with Crippen LogP contribution in [0.25, 0.3) is 0 Å². The van der Waals surface area contributed by atoms with Crippen molar-refractivity contribution in [2.75, 3.05) is 26.9 Å². The second-order valence-corrected chi connectivity index (χ2v) is 6.68. The van der Waals surface area contributed by atoms with Gasteiger partial charge in [0.25, 0.3) is 0 Å². The number of methoxy groups -OCH3 is 1. The van der Waals surface area contributed by atoms with Crippen molar-refractivity contribution in [3.63, 3.8) is 0 Å². The number of rotatable bonds is 8. The summed E-state index contributed by atoms with van der Waals surface area (Å²) in [5.74, 6) is -1.78. The Labute approximate surface area is 170 Å². The topological polar surface area (TPSA) is 73.9 Å². The van der Waals surface area contributed by atoms with Gasteiger partial charge in [0.05, 0.1) is 43.1 Å². The summed E-state index contributed by atoms with van der Waals surface area (Å²) in [5.41, 5.74) is 2.39. The first-order valence-corrected chi connectivity index (χ1v) is 9.62. The number of ether oxygens (including phenoxy) is 3. The summed E-state index contributed by atoms with van der Waals surface area (Å²) in [4.78, 5) is 25.5. The molecule has 1 heterocycles. The summed E-state index contributed by atoms with van der Waals surface area (Å²) in [7, 11) is 1.31. The molecule has 1 aliphatic heterocycles. The number of hydrogen-bond acceptors (Lipinski definition) is 6. The number of carbonyl (C=O) groups is 2. The quantitative estimate of drug-likeness (QED) is 0.523. The van der Waals surface area contributed by atoms with Gasteiger partial charge in [-0.1, -0.05) is 36.7 Å². The minimum atomic E-state index is -0.721. The highest BCUT2D eigenvalue weighted by Crippen LogP contribution is 2.41. The minimum absolute atomic E-state index is 0.189. The third kappa shape index (κ3) is 4.75. The Morgan fingerprint density at radius 1 is 1.14 bits per heavy atom. The largest absolute Gasteiger partial charge is 0.466 e. The molecule has 2 rings (SSSR count). The van der Waals surface area contributed by atoms with Gasteiger partial charge < -0.3 is 19.5 Å². The molecule has 1 N–H and O–H groups in total. The molecule has 6 nitrogen and oxygen atoms in total. The molecular weight excluding hydrogens is 382 g/mol. The van der Waals surface area contributed by atoms with Crippen molar-refractivity contribution in [1.82, 2.24) is 5.32 Å². The van der Waals surface area contributed by atoms with Crippen molar-refractivity contribution < 1.29 is 23.8 Å². The van der Waals surface area contributed by atoms with Crippen LogP contribution in [-0.4, -0.2) is 38.9 Å². The summed E-state index contributed by atoms with van der Waals surface area (Å²) >= 11 is 6.44. The van der Waals surface area contributed by atoms with Gasteiger partial charge in [-0.25, -0.2) is 9.59 Å². The molecule has 1 aliphatic rings. The van der Waals surface area contributed by atoms with Crippen LogP contribution in [0, 0.1) is 0 Å². The van der Waals surface area contributed by atoms with Crippen molar-refractivity contribution in [3.8, 4) is 0 Å². The molecule has 0 amide bonds. The molecule has 0 aromatic heterocycles. The Morgan fingerprint density at radius 2 is 1.86 bits per heavy atom. The fraction of sp³-hybridized carbons (Fsp3) is 0.429. The molecule has 7 heteroatoms. The van der Waals surface area contributed by atoms with Crippen LogP contribution in [0.3, 0.4) is 0 Å². The van der Waals surface area contributed by atoms with Crippen molar-refractivity contribution >= 4 is 23.5 Å². The molecule has 0 saturated heterocycles. The predicted octanol–water partition coefficient (Wildman–Crippen LogP) is 3.72. The number of esters is 2. The van der Waals surface area contributed by atoms with Crippen molar-refractivity contribution in [1.29, 1.82) is 0 Å². The first-order valence-electron chi connectivity index (χ1n) is 9.24. The molecule has 0 radical (unpaired) electrons. The summed E-state index contributed by atoms with van der Waals surface area (Å²) in [6.07, 6.45) is 0.845. The number of dihydropyridines is 1. The second-order valence-electron chi connectivity index (χ2n) is 6.28. The molecule has 152 valence electrons. The number of benzene rings is 1. The lowest BCUT2D eigenvalue weighted by Gasteiger charge is -2.31. The van der Waals surface area contributed by atoms with Crippen LogP contribution in [0.1, 0.15) is 38.7 Å². The zero-order chi connectivity index (χ0) is 20.7. The maximum atomic E-state index is 12.9. The molecule has 0 bridgehead atoms. The Hall–Kier alpha value is -2.31. The number of allylic oxidation sites excluding steroid dienone is 1. The highest BCUT2D eigenvalue weighted by atomic mass is 35.5. The zero-order valence-corrected chi connectivity index (χ0v) is 17.4. The van der Waals surface area contributed by atoms with E-state index in [2.05, 4.69) is 5.32 Å². The number of carbonyl (C=O) groups excluding carboxylic acids is 2. The van der Waals surface area contributed by atoms with E-state index in [1.54, 1.807) is 32.0 Å². The minimum Gasteiger partial charge on any atom is -0.466 e. The molecule has 1 unspecified atom stereocenters. The Balaban J connectivity index is 2.67. The van der Waals surface area contributed by atoms with Gasteiger partial charge in [-0.05, 0) is 31.9 Å². The maximum absolute atomic E-state index is 12.9. The maximum Gasteiger partial charge on any atom is 0.336 e. The standard InChI is InChI=1S/C21H26ClNO5/c1-5-11-27-12-16-19(21(25)28-6-2)18(14-9-7-8-10-15(14)22)17(13(3)23-16)20(24)26-4/h7-10,18,23H,5-6,11-12H2,1-4H3. The monoisotopic (exact) mass is 407 g/mol.